The van der Waals surface area contributed by atoms with Crippen molar-refractivity contribution in [3.05, 3.63) is 48.0 Å². The summed E-state index contributed by atoms with van der Waals surface area (Å²) in [6.07, 6.45) is 2.82. The molecule has 0 saturated heterocycles. The number of fused-ring (bicyclic) bond motifs is 3. The number of hydrogen-bond donors (Lipinski definition) is 1. The van der Waals surface area contributed by atoms with Gasteiger partial charge in [0.05, 0.1) is 11.0 Å². The molecular weight excluding hydrogens is 276 g/mol. The highest BCUT2D eigenvalue weighted by Gasteiger charge is 2.15. The minimum atomic E-state index is -0.126. The van der Waals surface area contributed by atoms with E-state index in [0.717, 1.165) is 40.9 Å². The second kappa shape index (κ2) is 6.02. The minimum Gasteiger partial charge on any atom is -0.337 e. The molecule has 1 heterocycles. The number of nitrogens with zero attached hydrogens (tertiary/aromatic N) is 1. The molecule has 0 fully saturated rings. The number of carbonyl (C=O) groups is 2. The summed E-state index contributed by atoms with van der Waals surface area (Å²) < 4.78 is 1.69. The van der Waals surface area contributed by atoms with E-state index in [9.17, 15) is 9.59 Å². The van der Waals surface area contributed by atoms with Crippen molar-refractivity contribution in [2.24, 2.45) is 0 Å². The lowest BCUT2D eigenvalue weighted by molar-refractivity contribution is 0.112. The van der Waals surface area contributed by atoms with Crippen LogP contribution in [0.5, 0.6) is 0 Å². The molecule has 0 bridgehead atoms. The van der Waals surface area contributed by atoms with Crippen molar-refractivity contribution in [1.29, 1.82) is 0 Å². The zero-order chi connectivity index (χ0) is 15.5. The molecule has 0 atom stereocenters. The van der Waals surface area contributed by atoms with E-state index in [-0.39, 0.29) is 6.03 Å². The van der Waals surface area contributed by atoms with Crippen molar-refractivity contribution >= 4 is 34.1 Å². The quantitative estimate of drug-likeness (QED) is 0.585. The highest BCUT2D eigenvalue weighted by Crippen LogP contribution is 2.29. The van der Waals surface area contributed by atoms with Gasteiger partial charge in [0.2, 0.25) is 0 Å². The zero-order valence-corrected chi connectivity index (χ0v) is 12.5. The van der Waals surface area contributed by atoms with Gasteiger partial charge in [0.1, 0.15) is 6.29 Å². The largest absolute Gasteiger partial charge is 0.337 e. The highest BCUT2D eigenvalue weighted by atomic mass is 16.2. The first-order valence-corrected chi connectivity index (χ1v) is 7.53. The molecule has 1 N–H and O–H groups in total. The van der Waals surface area contributed by atoms with Crippen molar-refractivity contribution in [1.82, 2.24) is 9.88 Å². The Morgan fingerprint density at radius 2 is 1.91 bits per heavy atom. The van der Waals surface area contributed by atoms with Crippen molar-refractivity contribution in [3.63, 3.8) is 0 Å². The molecule has 0 aliphatic rings. The van der Waals surface area contributed by atoms with Crippen LogP contribution in [0, 0.1) is 0 Å². The number of aldehydes is 1. The number of rotatable bonds is 4. The molecule has 1 amide bonds. The van der Waals surface area contributed by atoms with Gasteiger partial charge in [-0.25, -0.2) is 4.79 Å². The fourth-order valence-electron chi connectivity index (χ4n) is 2.73. The molecule has 0 unspecified atom stereocenters. The molecule has 4 nitrogen and oxygen atoms in total. The Morgan fingerprint density at radius 3 is 2.68 bits per heavy atom. The summed E-state index contributed by atoms with van der Waals surface area (Å²) in [5.41, 5.74) is 2.29. The van der Waals surface area contributed by atoms with Gasteiger partial charge in [-0.2, -0.15) is 0 Å². The van der Waals surface area contributed by atoms with Gasteiger partial charge in [-0.1, -0.05) is 31.5 Å². The fraction of sp³-hybridized carbons (Fsp3) is 0.222. The van der Waals surface area contributed by atoms with Crippen LogP contribution in [0.2, 0.25) is 0 Å². The predicted octanol–water partition coefficient (Wildman–Crippen LogP) is 3.96. The van der Waals surface area contributed by atoms with Crippen LogP contribution < -0.4 is 5.32 Å². The molecule has 4 heteroatoms. The monoisotopic (exact) mass is 294 g/mol. The Balaban J connectivity index is 2.18. The van der Waals surface area contributed by atoms with E-state index in [4.69, 9.17) is 0 Å². The summed E-state index contributed by atoms with van der Waals surface area (Å²) >= 11 is 0. The number of para-hydroxylation sites is 1. The lowest BCUT2D eigenvalue weighted by atomic mass is 10.1. The second-order valence-electron chi connectivity index (χ2n) is 5.33. The van der Waals surface area contributed by atoms with Crippen LogP contribution in [-0.4, -0.2) is 23.4 Å². The molecule has 0 saturated carbocycles. The highest BCUT2D eigenvalue weighted by molar-refractivity contribution is 6.13. The minimum absolute atomic E-state index is 0.126. The van der Waals surface area contributed by atoms with Crippen molar-refractivity contribution < 1.29 is 9.59 Å². The second-order valence-corrected chi connectivity index (χ2v) is 5.33. The van der Waals surface area contributed by atoms with Crippen LogP contribution in [0.25, 0.3) is 21.8 Å². The summed E-state index contributed by atoms with van der Waals surface area (Å²) in [6, 6.07) is 13.0. The summed E-state index contributed by atoms with van der Waals surface area (Å²) in [6.45, 7) is 2.75. The van der Waals surface area contributed by atoms with E-state index in [1.165, 1.54) is 0 Å². The Hall–Kier alpha value is -2.62. The molecule has 0 aliphatic carbocycles. The van der Waals surface area contributed by atoms with Crippen LogP contribution in [0.15, 0.2) is 42.5 Å². The Bertz CT molecular complexity index is 849. The number of amides is 1. The van der Waals surface area contributed by atoms with Gasteiger partial charge in [-0.05, 0) is 30.7 Å². The first-order valence-electron chi connectivity index (χ1n) is 7.53. The van der Waals surface area contributed by atoms with Crippen LogP contribution in [-0.2, 0) is 0 Å². The van der Waals surface area contributed by atoms with Crippen LogP contribution in [0.3, 0.4) is 0 Å². The average Bonchev–Trinajstić information content (AvgIpc) is 2.88. The molecular formula is C18H18N2O2. The molecule has 112 valence electrons. The summed E-state index contributed by atoms with van der Waals surface area (Å²) in [5.74, 6) is 0. The Kier molecular flexibility index (Phi) is 3.92. The van der Waals surface area contributed by atoms with Gasteiger partial charge in [0.15, 0.2) is 0 Å². The zero-order valence-electron chi connectivity index (χ0n) is 12.5. The Labute approximate surface area is 128 Å². The summed E-state index contributed by atoms with van der Waals surface area (Å²) in [4.78, 5) is 23.6. The smallest absolute Gasteiger partial charge is 0.326 e. The van der Waals surface area contributed by atoms with Crippen LogP contribution >= 0.6 is 0 Å². The Morgan fingerprint density at radius 1 is 1.14 bits per heavy atom. The maximum atomic E-state index is 12.5. The van der Waals surface area contributed by atoms with Crippen LogP contribution in [0.1, 0.15) is 30.1 Å². The molecule has 0 aliphatic heterocycles. The van der Waals surface area contributed by atoms with E-state index in [2.05, 4.69) is 12.2 Å². The molecule has 3 rings (SSSR count). The summed E-state index contributed by atoms with van der Waals surface area (Å²) in [7, 11) is 0. The number of hydrogen-bond acceptors (Lipinski definition) is 2. The van der Waals surface area contributed by atoms with Crippen molar-refractivity contribution in [2.45, 2.75) is 19.8 Å². The third-order valence-electron chi connectivity index (χ3n) is 3.84. The van der Waals surface area contributed by atoms with Gasteiger partial charge >= 0.3 is 6.03 Å². The van der Waals surface area contributed by atoms with E-state index in [0.29, 0.717) is 12.1 Å². The molecule has 0 spiro atoms. The predicted molar refractivity (Wildman–Crippen MR) is 88.5 cm³/mol. The van der Waals surface area contributed by atoms with Gasteiger partial charge in [-0.3, -0.25) is 9.36 Å². The van der Waals surface area contributed by atoms with Crippen molar-refractivity contribution in [2.75, 3.05) is 6.54 Å². The normalized spacial score (nSPS) is 11.0. The molecule has 1 aromatic heterocycles. The van der Waals surface area contributed by atoms with E-state index >= 15 is 0 Å². The van der Waals surface area contributed by atoms with Gasteiger partial charge < -0.3 is 5.32 Å². The molecule has 3 aromatic rings. The maximum absolute atomic E-state index is 12.5. The number of unbranched alkanes of at least 4 members (excludes halogenated alkanes) is 1. The molecule has 0 radical (unpaired) electrons. The third kappa shape index (κ3) is 2.37. The van der Waals surface area contributed by atoms with E-state index < -0.39 is 0 Å². The number of aromatic nitrogens is 1. The van der Waals surface area contributed by atoms with E-state index in [1.54, 1.807) is 10.6 Å². The lowest BCUT2D eigenvalue weighted by Crippen LogP contribution is -2.29. The van der Waals surface area contributed by atoms with Gasteiger partial charge in [-0.15, -0.1) is 0 Å². The van der Waals surface area contributed by atoms with Gasteiger partial charge in [0.25, 0.3) is 0 Å². The van der Waals surface area contributed by atoms with E-state index in [1.807, 2.05) is 36.4 Å². The summed E-state index contributed by atoms with van der Waals surface area (Å²) in [5, 5.41) is 4.85. The number of nitrogens with one attached hydrogen (secondary N) is 1. The maximum Gasteiger partial charge on any atom is 0.326 e. The first-order chi connectivity index (χ1) is 10.8. The van der Waals surface area contributed by atoms with Gasteiger partial charge in [0, 0.05) is 22.9 Å². The average molecular weight is 294 g/mol. The standard InChI is InChI=1S/C18H18N2O2/c1-2-3-10-19-18(22)20-16-7-5-4-6-14(16)15-11-13(12-21)8-9-17(15)20/h4-9,11-12H,2-3,10H2,1H3,(H,19,22). The molecule has 22 heavy (non-hydrogen) atoms. The SMILES string of the molecule is CCCCNC(=O)n1c2ccccc2c2cc(C=O)ccc21. The number of benzene rings is 2. The fourth-order valence-corrected chi connectivity index (χ4v) is 2.73. The third-order valence-corrected chi connectivity index (χ3v) is 3.84. The van der Waals surface area contributed by atoms with Crippen LogP contribution in [0.4, 0.5) is 4.79 Å². The topological polar surface area (TPSA) is 51.1 Å². The first kappa shape index (κ1) is 14.3. The lowest BCUT2D eigenvalue weighted by Gasteiger charge is -2.08. The molecule has 2 aromatic carbocycles. The number of carbonyl (C=O) groups excluding carboxylic acids is 2. The van der Waals surface area contributed by atoms with Crippen molar-refractivity contribution in [3.8, 4) is 0 Å².